The van der Waals surface area contributed by atoms with Crippen LogP contribution in [0.5, 0.6) is 0 Å². The highest BCUT2D eigenvalue weighted by molar-refractivity contribution is 7.18. The second-order valence-corrected chi connectivity index (χ2v) is 7.26. The SMILES string of the molecule is O=C(CCc1nc2cc(C(F)(F)F)ccc2s1)Nc1cccc(-n2cnnn2)c1. The van der Waals surface area contributed by atoms with Crippen molar-refractivity contribution in [1.29, 1.82) is 0 Å². The lowest BCUT2D eigenvalue weighted by atomic mass is 10.2. The molecule has 0 aliphatic rings. The lowest BCUT2D eigenvalue weighted by Crippen LogP contribution is -2.12. The average molecular weight is 418 g/mol. The quantitative estimate of drug-likeness (QED) is 0.532. The van der Waals surface area contributed by atoms with Crippen molar-refractivity contribution in [1.82, 2.24) is 25.2 Å². The number of aryl methyl sites for hydroxylation is 1. The van der Waals surface area contributed by atoms with E-state index >= 15 is 0 Å². The van der Waals surface area contributed by atoms with Gasteiger partial charge in [-0.2, -0.15) is 13.2 Å². The van der Waals surface area contributed by atoms with Crippen LogP contribution >= 0.6 is 11.3 Å². The monoisotopic (exact) mass is 418 g/mol. The molecule has 29 heavy (non-hydrogen) atoms. The number of rotatable bonds is 5. The van der Waals surface area contributed by atoms with E-state index in [1.165, 1.54) is 28.4 Å². The van der Waals surface area contributed by atoms with Crippen molar-refractivity contribution in [2.24, 2.45) is 0 Å². The highest BCUT2D eigenvalue weighted by Crippen LogP contribution is 2.33. The molecule has 4 rings (SSSR count). The van der Waals surface area contributed by atoms with Gasteiger partial charge in [-0.05, 0) is 46.8 Å². The van der Waals surface area contributed by atoms with Crippen LogP contribution in [0.2, 0.25) is 0 Å². The molecule has 0 aliphatic heterocycles. The van der Waals surface area contributed by atoms with E-state index in [1.54, 1.807) is 24.3 Å². The Hall–Kier alpha value is -3.34. The molecule has 0 aliphatic carbocycles. The van der Waals surface area contributed by atoms with Crippen LogP contribution in [-0.2, 0) is 17.4 Å². The first kappa shape index (κ1) is 19.0. The third-order valence-corrected chi connectivity index (χ3v) is 5.16. The van der Waals surface area contributed by atoms with Crippen molar-refractivity contribution in [3.05, 3.63) is 59.4 Å². The summed E-state index contributed by atoms with van der Waals surface area (Å²) in [6.07, 6.45) is -2.48. The van der Waals surface area contributed by atoms with E-state index in [0.29, 0.717) is 27.5 Å². The molecule has 2 aromatic carbocycles. The summed E-state index contributed by atoms with van der Waals surface area (Å²) in [6.45, 7) is 0. The largest absolute Gasteiger partial charge is 0.416 e. The van der Waals surface area contributed by atoms with E-state index in [-0.39, 0.29) is 17.8 Å². The van der Waals surface area contributed by atoms with Gasteiger partial charge in [-0.3, -0.25) is 4.79 Å². The van der Waals surface area contributed by atoms with Crippen LogP contribution in [0.15, 0.2) is 48.8 Å². The van der Waals surface area contributed by atoms with Gasteiger partial charge in [0.2, 0.25) is 5.91 Å². The maximum Gasteiger partial charge on any atom is 0.416 e. The molecule has 0 fully saturated rings. The van der Waals surface area contributed by atoms with E-state index < -0.39 is 11.7 Å². The number of halogens is 3. The zero-order valence-electron chi connectivity index (χ0n) is 14.7. The lowest BCUT2D eigenvalue weighted by molar-refractivity contribution is -0.137. The number of amides is 1. The zero-order valence-corrected chi connectivity index (χ0v) is 15.5. The van der Waals surface area contributed by atoms with Crippen molar-refractivity contribution in [2.75, 3.05) is 5.32 Å². The minimum atomic E-state index is -4.41. The number of benzene rings is 2. The molecule has 0 atom stereocenters. The molecule has 0 spiro atoms. The molecule has 2 heterocycles. The Morgan fingerprint density at radius 3 is 2.79 bits per heavy atom. The summed E-state index contributed by atoms with van der Waals surface area (Å²) in [6, 6.07) is 10.5. The van der Waals surface area contributed by atoms with Gasteiger partial charge in [-0.15, -0.1) is 16.4 Å². The average Bonchev–Trinajstić information content (AvgIpc) is 3.35. The van der Waals surface area contributed by atoms with E-state index in [4.69, 9.17) is 0 Å². The summed E-state index contributed by atoms with van der Waals surface area (Å²) in [4.78, 5) is 16.5. The first-order chi connectivity index (χ1) is 13.9. The normalized spacial score (nSPS) is 11.7. The molecule has 4 aromatic rings. The number of tetrazole rings is 1. The summed E-state index contributed by atoms with van der Waals surface area (Å²) < 4.78 is 40.6. The van der Waals surface area contributed by atoms with E-state index in [2.05, 4.69) is 25.8 Å². The van der Waals surface area contributed by atoms with Crippen LogP contribution < -0.4 is 5.32 Å². The molecular formula is C18H13F3N6OS. The number of nitrogens with zero attached hydrogens (tertiary/aromatic N) is 5. The third-order valence-electron chi connectivity index (χ3n) is 4.07. The van der Waals surface area contributed by atoms with Gasteiger partial charge in [0.1, 0.15) is 6.33 Å². The molecule has 0 bridgehead atoms. The Balaban J connectivity index is 1.40. The first-order valence-electron chi connectivity index (χ1n) is 8.48. The van der Waals surface area contributed by atoms with Crippen molar-refractivity contribution >= 4 is 33.1 Å². The van der Waals surface area contributed by atoms with E-state index in [0.717, 1.165) is 12.1 Å². The molecule has 1 N–H and O–H groups in total. The standard InChI is InChI=1S/C18H13F3N6OS/c19-18(20,21)11-4-5-15-14(8-11)24-17(29-15)7-6-16(28)23-12-2-1-3-13(9-12)27-10-22-25-26-27/h1-5,8-10H,6-7H2,(H,23,28). The van der Waals surface area contributed by atoms with E-state index in [9.17, 15) is 18.0 Å². The Morgan fingerprint density at radius 1 is 1.17 bits per heavy atom. The maximum absolute atomic E-state index is 12.8. The van der Waals surface area contributed by atoms with Gasteiger partial charge in [-0.1, -0.05) is 6.07 Å². The van der Waals surface area contributed by atoms with Gasteiger partial charge >= 0.3 is 6.18 Å². The molecule has 0 unspecified atom stereocenters. The van der Waals surface area contributed by atoms with Gasteiger partial charge in [0, 0.05) is 18.5 Å². The molecule has 7 nitrogen and oxygen atoms in total. The predicted molar refractivity (Wildman–Crippen MR) is 101 cm³/mol. The van der Waals surface area contributed by atoms with Crippen LogP contribution in [0, 0.1) is 0 Å². The molecule has 0 saturated heterocycles. The van der Waals surface area contributed by atoms with Crippen molar-refractivity contribution < 1.29 is 18.0 Å². The third kappa shape index (κ3) is 4.40. The molecule has 11 heteroatoms. The fourth-order valence-corrected chi connectivity index (χ4v) is 3.66. The first-order valence-corrected chi connectivity index (χ1v) is 9.30. The number of hydrogen-bond acceptors (Lipinski definition) is 6. The number of nitrogens with one attached hydrogen (secondary N) is 1. The second kappa shape index (κ2) is 7.59. The van der Waals surface area contributed by atoms with Crippen LogP contribution in [0.3, 0.4) is 0 Å². The number of fused-ring (bicyclic) bond motifs is 1. The van der Waals surface area contributed by atoms with Gasteiger partial charge in [0.05, 0.1) is 26.5 Å². The van der Waals surface area contributed by atoms with Gasteiger partial charge in [0.25, 0.3) is 0 Å². The fourth-order valence-electron chi connectivity index (χ4n) is 2.71. The highest BCUT2D eigenvalue weighted by atomic mass is 32.1. The van der Waals surface area contributed by atoms with Crippen molar-refractivity contribution in [2.45, 2.75) is 19.0 Å². The van der Waals surface area contributed by atoms with Gasteiger partial charge in [-0.25, -0.2) is 9.67 Å². The zero-order chi connectivity index (χ0) is 20.4. The molecule has 0 radical (unpaired) electrons. The minimum absolute atomic E-state index is 0.154. The van der Waals surface area contributed by atoms with Crippen molar-refractivity contribution in [3.63, 3.8) is 0 Å². The summed E-state index contributed by atoms with van der Waals surface area (Å²) in [7, 11) is 0. The number of hydrogen-bond donors (Lipinski definition) is 1. The number of anilines is 1. The molecule has 148 valence electrons. The Morgan fingerprint density at radius 2 is 2.03 bits per heavy atom. The van der Waals surface area contributed by atoms with E-state index in [1.807, 2.05) is 0 Å². The highest BCUT2D eigenvalue weighted by Gasteiger charge is 2.30. The molecular weight excluding hydrogens is 405 g/mol. The number of carbonyl (C=O) groups excluding carboxylic acids is 1. The number of thiazole rings is 1. The van der Waals surface area contributed by atoms with Crippen LogP contribution in [0.25, 0.3) is 15.9 Å². The minimum Gasteiger partial charge on any atom is -0.326 e. The summed E-state index contributed by atoms with van der Waals surface area (Å²) in [5.74, 6) is -0.228. The topological polar surface area (TPSA) is 85.6 Å². The smallest absolute Gasteiger partial charge is 0.326 e. The summed E-state index contributed by atoms with van der Waals surface area (Å²) in [5.41, 5.74) is 0.831. The number of alkyl halides is 3. The Kier molecular flexibility index (Phi) is 4.97. The summed E-state index contributed by atoms with van der Waals surface area (Å²) >= 11 is 1.28. The Labute approximate surface area is 166 Å². The maximum atomic E-state index is 12.8. The lowest BCUT2D eigenvalue weighted by Gasteiger charge is -2.06. The van der Waals surface area contributed by atoms with Gasteiger partial charge < -0.3 is 5.32 Å². The number of carbonyl (C=O) groups is 1. The van der Waals surface area contributed by atoms with Crippen LogP contribution in [0.1, 0.15) is 17.0 Å². The number of aromatic nitrogens is 5. The van der Waals surface area contributed by atoms with Crippen LogP contribution in [-0.4, -0.2) is 31.1 Å². The summed E-state index contributed by atoms with van der Waals surface area (Å²) in [5, 5.41) is 14.3. The van der Waals surface area contributed by atoms with Crippen molar-refractivity contribution in [3.8, 4) is 5.69 Å². The predicted octanol–water partition coefficient (Wildman–Crippen LogP) is 3.86. The molecule has 1 amide bonds. The fraction of sp³-hybridized carbons (Fsp3) is 0.167. The second-order valence-electron chi connectivity index (χ2n) is 6.14. The Bertz CT molecular complexity index is 1160. The molecule has 2 aromatic heterocycles. The molecule has 0 saturated carbocycles. The van der Waals surface area contributed by atoms with Gasteiger partial charge in [0.15, 0.2) is 0 Å². The van der Waals surface area contributed by atoms with Crippen LogP contribution in [0.4, 0.5) is 18.9 Å².